The quantitative estimate of drug-likeness (QED) is 0.576. The minimum Gasteiger partial charge on any atom is -0.299 e. The van der Waals surface area contributed by atoms with E-state index in [9.17, 15) is 13.2 Å². The predicted octanol–water partition coefficient (Wildman–Crippen LogP) is 3.95. The van der Waals surface area contributed by atoms with E-state index < -0.39 is 9.84 Å². The fourth-order valence-electron chi connectivity index (χ4n) is 2.77. The Labute approximate surface area is 162 Å². The molecule has 1 heterocycles. The SMILES string of the molecule is Cc1ccccc1-c1cnc(CC(=O)CCCCCS(=O)(=O)C(C)C)cn1. The zero-order valence-electron chi connectivity index (χ0n) is 16.3. The second-order valence-electron chi connectivity index (χ2n) is 7.15. The molecule has 0 saturated carbocycles. The molecule has 1 aromatic carbocycles. The van der Waals surface area contributed by atoms with Gasteiger partial charge < -0.3 is 0 Å². The van der Waals surface area contributed by atoms with Gasteiger partial charge in [0.05, 0.1) is 35.0 Å². The summed E-state index contributed by atoms with van der Waals surface area (Å²) in [6.45, 7) is 5.43. The van der Waals surface area contributed by atoms with Gasteiger partial charge in [0.2, 0.25) is 0 Å². The summed E-state index contributed by atoms with van der Waals surface area (Å²) in [5.41, 5.74) is 3.64. The number of unbranched alkanes of at least 4 members (excludes halogenated alkanes) is 2. The van der Waals surface area contributed by atoms with Crippen LogP contribution < -0.4 is 0 Å². The van der Waals surface area contributed by atoms with Gasteiger partial charge in [-0.05, 0) is 39.2 Å². The lowest BCUT2D eigenvalue weighted by Crippen LogP contribution is -2.17. The number of Topliss-reactive ketones (excluding diaryl/α,β-unsaturated/α-hetero) is 1. The number of sulfone groups is 1. The molecule has 5 nitrogen and oxygen atoms in total. The Hall–Kier alpha value is -2.08. The molecule has 0 radical (unpaired) electrons. The van der Waals surface area contributed by atoms with Crippen LogP contribution in [-0.4, -0.2) is 35.2 Å². The molecule has 0 saturated heterocycles. The molecule has 6 heteroatoms. The Morgan fingerprint density at radius 2 is 1.78 bits per heavy atom. The number of carbonyl (C=O) groups excluding carboxylic acids is 1. The highest BCUT2D eigenvalue weighted by Crippen LogP contribution is 2.20. The molecule has 0 spiro atoms. The highest BCUT2D eigenvalue weighted by atomic mass is 32.2. The number of hydrogen-bond acceptors (Lipinski definition) is 5. The predicted molar refractivity (Wildman–Crippen MR) is 108 cm³/mol. The molecule has 27 heavy (non-hydrogen) atoms. The fraction of sp³-hybridized carbons (Fsp3) is 0.476. The van der Waals surface area contributed by atoms with Crippen LogP contribution in [0.2, 0.25) is 0 Å². The first-order valence-electron chi connectivity index (χ1n) is 9.40. The van der Waals surface area contributed by atoms with E-state index in [4.69, 9.17) is 0 Å². The topological polar surface area (TPSA) is 77.0 Å². The lowest BCUT2D eigenvalue weighted by atomic mass is 10.1. The van der Waals surface area contributed by atoms with Crippen LogP contribution in [0, 0.1) is 6.92 Å². The number of aryl methyl sites for hydroxylation is 1. The third-order valence-electron chi connectivity index (χ3n) is 4.61. The van der Waals surface area contributed by atoms with Crippen molar-refractivity contribution in [3.63, 3.8) is 0 Å². The number of rotatable bonds is 10. The second kappa shape index (κ2) is 9.74. The molecule has 0 aliphatic rings. The maximum Gasteiger partial charge on any atom is 0.152 e. The van der Waals surface area contributed by atoms with Crippen molar-refractivity contribution < 1.29 is 13.2 Å². The third-order valence-corrected chi connectivity index (χ3v) is 6.90. The van der Waals surface area contributed by atoms with E-state index in [1.54, 1.807) is 26.2 Å². The number of ketones is 1. The third kappa shape index (κ3) is 6.54. The lowest BCUT2D eigenvalue weighted by molar-refractivity contribution is -0.118. The summed E-state index contributed by atoms with van der Waals surface area (Å²) in [6, 6.07) is 7.98. The molecule has 0 aliphatic carbocycles. The number of aromatic nitrogens is 2. The first-order chi connectivity index (χ1) is 12.8. The summed E-state index contributed by atoms with van der Waals surface area (Å²) in [6.07, 6.45) is 6.15. The highest BCUT2D eigenvalue weighted by molar-refractivity contribution is 7.91. The number of benzene rings is 1. The standard InChI is InChI=1S/C21H28N2O3S/c1-16(2)27(25,26)12-8-4-5-10-19(24)13-18-14-23-21(15-22-18)20-11-7-6-9-17(20)3/h6-7,9,11,14-16H,4-5,8,10,12-13H2,1-3H3. The van der Waals surface area contributed by atoms with Crippen LogP contribution in [-0.2, 0) is 21.1 Å². The molecule has 0 N–H and O–H groups in total. The molecular weight excluding hydrogens is 360 g/mol. The van der Waals surface area contributed by atoms with E-state index in [0.29, 0.717) is 25.0 Å². The van der Waals surface area contributed by atoms with Gasteiger partial charge in [-0.3, -0.25) is 14.8 Å². The van der Waals surface area contributed by atoms with E-state index in [0.717, 1.165) is 23.2 Å². The molecule has 2 aromatic rings. The smallest absolute Gasteiger partial charge is 0.152 e. The van der Waals surface area contributed by atoms with E-state index in [1.807, 2.05) is 31.2 Å². The second-order valence-corrected chi connectivity index (χ2v) is 9.83. The van der Waals surface area contributed by atoms with Crippen molar-refractivity contribution in [3.8, 4) is 11.3 Å². The molecule has 0 amide bonds. The van der Waals surface area contributed by atoms with Crippen LogP contribution in [0.15, 0.2) is 36.7 Å². The minimum atomic E-state index is -2.98. The summed E-state index contributed by atoms with van der Waals surface area (Å²) in [5.74, 6) is 0.310. The van der Waals surface area contributed by atoms with Crippen LogP contribution in [0.1, 0.15) is 50.8 Å². The Morgan fingerprint density at radius 3 is 2.41 bits per heavy atom. The molecule has 1 aromatic heterocycles. The first-order valence-corrected chi connectivity index (χ1v) is 11.1. The maximum absolute atomic E-state index is 12.1. The van der Waals surface area contributed by atoms with Crippen molar-refractivity contribution in [1.29, 1.82) is 0 Å². The van der Waals surface area contributed by atoms with E-state index in [1.165, 1.54) is 0 Å². The van der Waals surface area contributed by atoms with Crippen LogP contribution in [0.5, 0.6) is 0 Å². The van der Waals surface area contributed by atoms with Gasteiger partial charge in [-0.2, -0.15) is 0 Å². The summed E-state index contributed by atoms with van der Waals surface area (Å²) < 4.78 is 23.5. The van der Waals surface area contributed by atoms with Crippen molar-refractivity contribution in [2.45, 2.75) is 58.1 Å². The molecular formula is C21H28N2O3S. The van der Waals surface area contributed by atoms with Crippen LogP contribution >= 0.6 is 0 Å². The van der Waals surface area contributed by atoms with Gasteiger partial charge in [0.1, 0.15) is 5.78 Å². The highest BCUT2D eigenvalue weighted by Gasteiger charge is 2.15. The van der Waals surface area contributed by atoms with Gasteiger partial charge in [0, 0.05) is 18.2 Å². The normalized spacial score (nSPS) is 11.7. The molecule has 0 bridgehead atoms. The lowest BCUT2D eigenvalue weighted by Gasteiger charge is -2.07. The van der Waals surface area contributed by atoms with Gasteiger partial charge >= 0.3 is 0 Å². The Morgan fingerprint density at radius 1 is 1.04 bits per heavy atom. The van der Waals surface area contributed by atoms with Crippen LogP contribution in [0.4, 0.5) is 0 Å². The summed E-state index contributed by atoms with van der Waals surface area (Å²) in [7, 11) is -2.98. The monoisotopic (exact) mass is 388 g/mol. The largest absolute Gasteiger partial charge is 0.299 e. The molecule has 0 fully saturated rings. The molecule has 0 atom stereocenters. The van der Waals surface area contributed by atoms with E-state index in [-0.39, 0.29) is 23.2 Å². The van der Waals surface area contributed by atoms with Gasteiger partial charge in [-0.15, -0.1) is 0 Å². The fourth-order valence-corrected chi connectivity index (χ4v) is 3.85. The summed E-state index contributed by atoms with van der Waals surface area (Å²) in [5, 5.41) is -0.333. The van der Waals surface area contributed by atoms with Crippen molar-refractivity contribution in [2.24, 2.45) is 0 Å². The van der Waals surface area contributed by atoms with Crippen molar-refractivity contribution >= 4 is 15.6 Å². The zero-order valence-corrected chi connectivity index (χ0v) is 17.1. The summed E-state index contributed by atoms with van der Waals surface area (Å²) in [4.78, 5) is 20.9. The maximum atomic E-state index is 12.1. The van der Waals surface area contributed by atoms with E-state index >= 15 is 0 Å². The zero-order chi connectivity index (χ0) is 19.9. The average molecular weight is 389 g/mol. The van der Waals surface area contributed by atoms with Gasteiger partial charge in [0.15, 0.2) is 9.84 Å². The van der Waals surface area contributed by atoms with Crippen LogP contribution in [0.25, 0.3) is 11.3 Å². The van der Waals surface area contributed by atoms with Gasteiger partial charge in [-0.1, -0.05) is 30.7 Å². The number of hydrogen-bond donors (Lipinski definition) is 0. The number of nitrogens with zero attached hydrogens (tertiary/aromatic N) is 2. The first kappa shape index (κ1) is 21.2. The van der Waals surface area contributed by atoms with Crippen LogP contribution in [0.3, 0.4) is 0 Å². The Kier molecular flexibility index (Phi) is 7.66. The molecule has 0 aliphatic heterocycles. The molecule has 2 rings (SSSR count). The van der Waals surface area contributed by atoms with Gasteiger partial charge in [0.25, 0.3) is 0 Å². The summed E-state index contributed by atoms with van der Waals surface area (Å²) >= 11 is 0. The van der Waals surface area contributed by atoms with Crippen molar-refractivity contribution in [3.05, 3.63) is 47.9 Å². The number of carbonyl (C=O) groups is 1. The van der Waals surface area contributed by atoms with E-state index in [2.05, 4.69) is 9.97 Å². The van der Waals surface area contributed by atoms with Gasteiger partial charge in [-0.25, -0.2) is 8.42 Å². The minimum absolute atomic E-state index is 0.111. The Balaban J connectivity index is 1.77. The Bertz CT molecular complexity index is 859. The average Bonchev–Trinajstić information content (AvgIpc) is 2.62. The van der Waals surface area contributed by atoms with Crippen molar-refractivity contribution in [1.82, 2.24) is 9.97 Å². The van der Waals surface area contributed by atoms with Crippen molar-refractivity contribution in [2.75, 3.05) is 5.75 Å². The molecule has 0 unspecified atom stereocenters. The molecule has 146 valence electrons.